The van der Waals surface area contributed by atoms with Gasteiger partial charge in [0, 0.05) is 35.9 Å². The van der Waals surface area contributed by atoms with Gasteiger partial charge in [0.1, 0.15) is 23.8 Å². The van der Waals surface area contributed by atoms with Crippen LogP contribution >= 0.6 is 0 Å². The molecular formula is C23H31FN4O3S. The molecule has 4 aliphatic rings. The Bertz CT molecular complexity index is 1080. The monoisotopic (exact) mass is 462 g/mol. The molecule has 1 aliphatic heterocycles. The number of aromatic nitrogens is 2. The third-order valence-corrected chi connectivity index (χ3v) is 9.12. The van der Waals surface area contributed by atoms with Crippen LogP contribution in [0.5, 0.6) is 0 Å². The second-order valence-corrected chi connectivity index (χ2v) is 11.4. The summed E-state index contributed by atoms with van der Waals surface area (Å²) in [7, 11) is -3.43. The largest absolute Gasteiger partial charge is 0.381 e. The normalized spacial score (nSPS) is 33.1. The van der Waals surface area contributed by atoms with Gasteiger partial charge in [0.2, 0.25) is 0 Å². The van der Waals surface area contributed by atoms with Gasteiger partial charge >= 0.3 is 0 Å². The lowest BCUT2D eigenvalue weighted by molar-refractivity contribution is -0.192. The standard InChI is InChI=1S/C23H31FN4O3S/c1-4-16-21(27-18-7-6-15(11-17(18)24)32(3,29)30)25-13-26-22(16)28-19-8-9-23(19)14(10-20(23)28)12-31-5-2/h6,11,13-14,18-20H,4-5,7-10,12H2,1-3H3,(H,25,26,27). The molecule has 1 N–H and O–H groups in total. The lowest BCUT2D eigenvalue weighted by Crippen LogP contribution is -2.86. The van der Waals surface area contributed by atoms with Crippen LogP contribution in [0.1, 0.15) is 45.1 Å². The second kappa shape index (κ2) is 7.80. The van der Waals surface area contributed by atoms with Crippen LogP contribution in [0, 0.1) is 11.3 Å². The van der Waals surface area contributed by atoms with Crippen molar-refractivity contribution in [2.75, 3.05) is 29.7 Å². The number of sulfone groups is 1. The molecule has 5 rings (SSSR count). The number of allylic oxidation sites excluding steroid dienone is 1. The van der Waals surface area contributed by atoms with Gasteiger partial charge < -0.3 is 15.0 Å². The number of rotatable bonds is 8. The summed E-state index contributed by atoms with van der Waals surface area (Å²) in [6.45, 7) is 5.73. The van der Waals surface area contributed by atoms with Crippen molar-refractivity contribution in [1.29, 1.82) is 0 Å². The fourth-order valence-corrected chi connectivity index (χ4v) is 6.97. The molecule has 5 atom stereocenters. The Morgan fingerprint density at radius 1 is 1.31 bits per heavy atom. The molecule has 3 aliphatic carbocycles. The van der Waals surface area contributed by atoms with Crippen molar-refractivity contribution in [2.24, 2.45) is 11.3 Å². The first-order chi connectivity index (χ1) is 15.3. The van der Waals surface area contributed by atoms with Crippen LogP contribution in [0.4, 0.5) is 16.0 Å². The van der Waals surface area contributed by atoms with E-state index in [1.165, 1.54) is 12.8 Å². The van der Waals surface area contributed by atoms with Crippen molar-refractivity contribution >= 4 is 21.5 Å². The van der Waals surface area contributed by atoms with E-state index in [1.807, 2.05) is 6.92 Å². The molecule has 9 heteroatoms. The van der Waals surface area contributed by atoms with E-state index in [2.05, 4.69) is 27.1 Å². The molecule has 3 fully saturated rings. The van der Waals surface area contributed by atoms with Crippen LogP contribution in [0.2, 0.25) is 0 Å². The first-order valence-corrected chi connectivity index (χ1v) is 13.4. The molecule has 0 radical (unpaired) electrons. The first kappa shape index (κ1) is 21.8. The fraction of sp³-hybridized carbons (Fsp3) is 0.652. The van der Waals surface area contributed by atoms with Crippen molar-refractivity contribution in [2.45, 2.75) is 64.1 Å². The van der Waals surface area contributed by atoms with E-state index in [4.69, 9.17) is 4.74 Å². The Labute approximate surface area is 189 Å². The molecule has 5 unspecified atom stereocenters. The number of halogens is 1. The summed E-state index contributed by atoms with van der Waals surface area (Å²) >= 11 is 0. The minimum Gasteiger partial charge on any atom is -0.381 e. The predicted octanol–water partition coefficient (Wildman–Crippen LogP) is 3.40. The number of nitrogens with one attached hydrogen (secondary N) is 1. The molecular weight excluding hydrogens is 431 g/mol. The summed E-state index contributed by atoms with van der Waals surface area (Å²) in [5.74, 6) is 1.74. The van der Waals surface area contributed by atoms with Crippen molar-refractivity contribution < 1.29 is 17.5 Å². The Kier molecular flexibility index (Phi) is 5.32. The molecule has 1 aromatic rings. The molecule has 1 saturated heterocycles. The van der Waals surface area contributed by atoms with E-state index >= 15 is 0 Å². The minimum absolute atomic E-state index is 0.0284. The summed E-state index contributed by atoms with van der Waals surface area (Å²) in [6, 6.07) is 0.379. The van der Waals surface area contributed by atoms with Gasteiger partial charge in [-0.05, 0) is 51.0 Å². The Hall–Kier alpha value is -2.00. The average molecular weight is 463 g/mol. The molecule has 2 heterocycles. The smallest absolute Gasteiger partial charge is 0.175 e. The van der Waals surface area contributed by atoms with E-state index in [9.17, 15) is 12.8 Å². The van der Waals surface area contributed by atoms with E-state index in [0.717, 1.165) is 49.8 Å². The van der Waals surface area contributed by atoms with Crippen LogP contribution in [-0.2, 0) is 21.0 Å². The highest BCUT2D eigenvalue weighted by Gasteiger charge is 2.75. The highest BCUT2D eigenvalue weighted by Crippen LogP contribution is 2.71. The second-order valence-electron chi connectivity index (χ2n) is 9.40. The van der Waals surface area contributed by atoms with Gasteiger partial charge in [-0.2, -0.15) is 0 Å². The first-order valence-electron chi connectivity index (χ1n) is 11.5. The van der Waals surface area contributed by atoms with Gasteiger partial charge in [-0.1, -0.05) is 13.0 Å². The Morgan fingerprint density at radius 2 is 2.12 bits per heavy atom. The quantitative estimate of drug-likeness (QED) is 0.634. The molecule has 0 aromatic carbocycles. The van der Waals surface area contributed by atoms with Crippen LogP contribution < -0.4 is 10.2 Å². The predicted molar refractivity (Wildman–Crippen MR) is 122 cm³/mol. The molecule has 1 aromatic heterocycles. The topological polar surface area (TPSA) is 84.4 Å². The van der Waals surface area contributed by atoms with Gasteiger partial charge in [-0.15, -0.1) is 0 Å². The zero-order valence-corrected chi connectivity index (χ0v) is 19.7. The third kappa shape index (κ3) is 3.11. The zero-order valence-electron chi connectivity index (χ0n) is 18.8. The van der Waals surface area contributed by atoms with Crippen molar-refractivity contribution in [3.63, 3.8) is 0 Å². The number of hydrogen-bond donors (Lipinski definition) is 1. The highest BCUT2D eigenvalue weighted by atomic mass is 32.2. The number of hydrogen-bond acceptors (Lipinski definition) is 7. The zero-order chi connectivity index (χ0) is 22.7. The molecule has 174 valence electrons. The van der Waals surface area contributed by atoms with Crippen molar-refractivity contribution in [3.8, 4) is 0 Å². The highest BCUT2D eigenvalue weighted by molar-refractivity contribution is 7.94. The Morgan fingerprint density at radius 3 is 2.72 bits per heavy atom. The summed E-state index contributed by atoms with van der Waals surface area (Å²) in [5.41, 5.74) is 1.39. The third-order valence-electron chi connectivity index (χ3n) is 7.98. The lowest BCUT2D eigenvalue weighted by atomic mass is 9.38. The summed E-state index contributed by atoms with van der Waals surface area (Å²) < 4.78 is 43.9. The van der Waals surface area contributed by atoms with E-state index in [1.54, 1.807) is 12.4 Å². The Balaban J connectivity index is 1.35. The van der Waals surface area contributed by atoms with Crippen LogP contribution in [0.15, 0.2) is 29.2 Å². The maximum atomic E-state index is 14.7. The van der Waals surface area contributed by atoms with Gasteiger partial charge in [-0.25, -0.2) is 22.8 Å². The number of nitrogens with zero attached hydrogens (tertiary/aromatic N) is 3. The lowest BCUT2D eigenvalue weighted by Gasteiger charge is -2.80. The maximum Gasteiger partial charge on any atom is 0.175 e. The molecule has 1 spiro atoms. The van der Waals surface area contributed by atoms with Gasteiger partial charge in [0.25, 0.3) is 0 Å². The number of ether oxygens (including phenoxy) is 1. The molecule has 2 saturated carbocycles. The maximum absolute atomic E-state index is 14.7. The van der Waals surface area contributed by atoms with E-state index < -0.39 is 21.7 Å². The van der Waals surface area contributed by atoms with Crippen LogP contribution in [0.25, 0.3) is 0 Å². The molecule has 32 heavy (non-hydrogen) atoms. The fourth-order valence-electron chi connectivity index (χ4n) is 6.24. The van der Waals surface area contributed by atoms with Gasteiger partial charge in [0.05, 0.1) is 17.6 Å². The summed E-state index contributed by atoms with van der Waals surface area (Å²) in [5, 5.41) is 3.21. The van der Waals surface area contributed by atoms with Crippen molar-refractivity contribution in [3.05, 3.63) is 34.8 Å². The van der Waals surface area contributed by atoms with E-state index in [-0.39, 0.29) is 11.3 Å². The average Bonchev–Trinajstić information content (AvgIpc) is 2.71. The molecule has 0 bridgehead atoms. The summed E-state index contributed by atoms with van der Waals surface area (Å²) in [6.07, 6.45) is 9.87. The van der Waals surface area contributed by atoms with Gasteiger partial charge in [0.15, 0.2) is 9.84 Å². The van der Waals surface area contributed by atoms with Gasteiger partial charge in [-0.3, -0.25) is 0 Å². The number of piperidine rings is 2. The SMILES string of the molecule is CCOCC1CC2N(c3ncnc(NC4CC=C(S(C)(=O)=O)C=C4F)c3CC)C3CCC132. The number of anilines is 2. The minimum atomic E-state index is -3.43. The van der Waals surface area contributed by atoms with Crippen molar-refractivity contribution in [1.82, 2.24) is 9.97 Å². The molecule has 0 amide bonds. The van der Waals surface area contributed by atoms with E-state index in [0.29, 0.717) is 29.2 Å². The summed E-state index contributed by atoms with van der Waals surface area (Å²) in [4.78, 5) is 11.6. The van der Waals surface area contributed by atoms with Crippen LogP contribution in [-0.4, -0.2) is 56.0 Å². The van der Waals surface area contributed by atoms with Crippen LogP contribution in [0.3, 0.4) is 0 Å². The molecule has 7 nitrogen and oxygen atoms in total.